The van der Waals surface area contributed by atoms with E-state index in [1.807, 2.05) is 0 Å². The number of phenolic OH excluding ortho intramolecular Hbond substituents is 1. The Hall–Kier alpha value is -1.40. The number of aromatic hydroxyl groups is 1. The van der Waals surface area contributed by atoms with Crippen molar-refractivity contribution in [3.05, 3.63) is 56.7 Å². The molecule has 0 aliphatic rings. The molecule has 0 saturated carbocycles. The highest BCUT2D eigenvalue weighted by Gasteiger charge is 2.09. The van der Waals surface area contributed by atoms with Crippen molar-refractivity contribution < 1.29 is 14.3 Å². The first kappa shape index (κ1) is 14.0. The van der Waals surface area contributed by atoms with Crippen molar-refractivity contribution in [3.8, 4) is 5.75 Å². The van der Waals surface area contributed by atoms with Crippen LogP contribution < -0.4 is 5.32 Å². The van der Waals surface area contributed by atoms with Crippen LogP contribution in [0.2, 0.25) is 0 Å². The van der Waals surface area contributed by atoms with E-state index in [9.17, 15) is 9.18 Å². The molecule has 0 aliphatic heterocycles. The molecule has 0 bridgehead atoms. The number of hydrogen-bond acceptors (Lipinski definition) is 2. The molecule has 0 atom stereocenters. The summed E-state index contributed by atoms with van der Waals surface area (Å²) in [5.74, 6) is -1.61. The standard InChI is InChI=1S/C13H8Br2FNO2/c14-8-3-7(4-9(15)5-8)13(19)17-10-1-2-12(18)11(16)6-10/h1-6,18H,(H,17,19). The van der Waals surface area contributed by atoms with Crippen LogP contribution in [-0.4, -0.2) is 11.0 Å². The zero-order chi connectivity index (χ0) is 14.0. The zero-order valence-electron chi connectivity index (χ0n) is 9.45. The summed E-state index contributed by atoms with van der Waals surface area (Å²) in [5, 5.41) is 11.6. The van der Waals surface area contributed by atoms with Gasteiger partial charge in [-0.05, 0) is 30.3 Å². The maximum Gasteiger partial charge on any atom is 0.255 e. The summed E-state index contributed by atoms with van der Waals surface area (Å²) in [6, 6.07) is 8.76. The third-order valence-corrected chi connectivity index (χ3v) is 3.25. The predicted molar refractivity (Wildman–Crippen MR) is 77.9 cm³/mol. The summed E-state index contributed by atoms with van der Waals surface area (Å²) in [5.41, 5.74) is 0.700. The van der Waals surface area contributed by atoms with Gasteiger partial charge in [-0.15, -0.1) is 0 Å². The molecular formula is C13H8Br2FNO2. The molecule has 0 aromatic heterocycles. The Balaban J connectivity index is 2.22. The number of halogens is 3. The van der Waals surface area contributed by atoms with Crippen LogP contribution in [0, 0.1) is 5.82 Å². The van der Waals surface area contributed by atoms with Gasteiger partial charge in [0.25, 0.3) is 5.91 Å². The lowest BCUT2D eigenvalue weighted by Gasteiger charge is -2.07. The van der Waals surface area contributed by atoms with E-state index in [2.05, 4.69) is 37.2 Å². The second kappa shape index (κ2) is 5.71. The first-order chi connectivity index (χ1) is 8.95. The Morgan fingerprint density at radius 3 is 2.32 bits per heavy atom. The minimum atomic E-state index is -0.784. The fraction of sp³-hybridized carbons (Fsp3) is 0. The average molecular weight is 389 g/mol. The van der Waals surface area contributed by atoms with Crippen molar-refractivity contribution in [2.75, 3.05) is 5.32 Å². The molecule has 2 N–H and O–H groups in total. The highest BCUT2D eigenvalue weighted by molar-refractivity contribution is 9.11. The highest BCUT2D eigenvalue weighted by Crippen LogP contribution is 2.22. The third kappa shape index (κ3) is 3.54. The normalized spacial score (nSPS) is 10.3. The van der Waals surface area contributed by atoms with E-state index in [-0.39, 0.29) is 11.6 Å². The molecule has 0 radical (unpaired) electrons. The van der Waals surface area contributed by atoms with Gasteiger partial charge < -0.3 is 10.4 Å². The molecular weight excluding hydrogens is 381 g/mol. The number of phenols is 1. The summed E-state index contributed by atoms with van der Waals surface area (Å²) >= 11 is 6.57. The number of nitrogens with one attached hydrogen (secondary N) is 1. The third-order valence-electron chi connectivity index (χ3n) is 2.33. The Bertz CT molecular complexity index is 626. The molecule has 6 heteroatoms. The van der Waals surface area contributed by atoms with Crippen molar-refractivity contribution in [2.24, 2.45) is 0 Å². The van der Waals surface area contributed by atoms with Crippen LogP contribution in [0.4, 0.5) is 10.1 Å². The minimum Gasteiger partial charge on any atom is -0.505 e. The maximum absolute atomic E-state index is 13.1. The van der Waals surface area contributed by atoms with Gasteiger partial charge in [0.1, 0.15) is 0 Å². The molecule has 0 aliphatic carbocycles. The fourth-order valence-corrected chi connectivity index (χ4v) is 2.77. The van der Waals surface area contributed by atoms with Gasteiger partial charge in [-0.3, -0.25) is 4.79 Å². The van der Waals surface area contributed by atoms with E-state index in [1.165, 1.54) is 12.1 Å². The molecule has 0 saturated heterocycles. The average Bonchev–Trinajstić information content (AvgIpc) is 2.32. The topological polar surface area (TPSA) is 49.3 Å². The molecule has 2 rings (SSSR count). The van der Waals surface area contributed by atoms with Crippen molar-refractivity contribution >= 4 is 43.5 Å². The van der Waals surface area contributed by atoms with Crippen molar-refractivity contribution in [1.82, 2.24) is 0 Å². The Labute approximate surface area is 125 Å². The van der Waals surface area contributed by atoms with Gasteiger partial charge in [0.05, 0.1) is 0 Å². The number of carbonyl (C=O) groups excluding carboxylic acids is 1. The van der Waals surface area contributed by atoms with Crippen LogP contribution in [0.25, 0.3) is 0 Å². The summed E-state index contributed by atoms with van der Waals surface area (Å²) in [6.45, 7) is 0. The van der Waals surface area contributed by atoms with Gasteiger partial charge in [-0.2, -0.15) is 0 Å². The molecule has 2 aromatic rings. The Morgan fingerprint density at radius 1 is 1.11 bits per heavy atom. The fourth-order valence-electron chi connectivity index (χ4n) is 1.47. The van der Waals surface area contributed by atoms with Gasteiger partial charge in [0, 0.05) is 26.3 Å². The lowest BCUT2D eigenvalue weighted by molar-refractivity contribution is 0.102. The SMILES string of the molecule is O=C(Nc1ccc(O)c(F)c1)c1cc(Br)cc(Br)c1. The maximum atomic E-state index is 13.1. The highest BCUT2D eigenvalue weighted by atomic mass is 79.9. The molecule has 2 aromatic carbocycles. The van der Waals surface area contributed by atoms with Crippen LogP contribution in [0.5, 0.6) is 5.75 Å². The van der Waals surface area contributed by atoms with E-state index in [4.69, 9.17) is 5.11 Å². The number of amides is 1. The van der Waals surface area contributed by atoms with Crippen LogP contribution in [0.1, 0.15) is 10.4 Å². The second-order valence-corrected chi connectivity index (χ2v) is 5.61. The molecule has 0 heterocycles. The summed E-state index contributed by atoms with van der Waals surface area (Å²) in [7, 11) is 0. The monoisotopic (exact) mass is 387 g/mol. The van der Waals surface area contributed by atoms with Crippen molar-refractivity contribution in [3.63, 3.8) is 0 Å². The number of carbonyl (C=O) groups is 1. The smallest absolute Gasteiger partial charge is 0.255 e. The number of anilines is 1. The Kier molecular flexibility index (Phi) is 4.21. The van der Waals surface area contributed by atoms with Gasteiger partial charge in [-0.1, -0.05) is 31.9 Å². The molecule has 1 amide bonds. The number of benzene rings is 2. The van der Waals surface area contributed by atoms with Crippen LogP contribution in [0.15, 0.2) is 45.3 Å². The van der Waals surface area contributed by atoms with E-state index >= 15 is 0 Å². The molecule has 0 unspecified atom stereocenters. The van der Waals surface area contributed by atoms with E-state index in [0.29, 0.717) is 5.56 Å². The largest absolute Gasteiger partial charge is 0.505 e. The van der Waals surface area contributed by atoms with Gasteiger partial charge in [0.2, 0.25) is 0 Å². The van der Waals surface area contributed by atoms with Crippen LogP contribution >= 0.6 is 31.9 Å². The first-order valence-corrected chi connectivity index (χ1v) is 6.80. The molecule has 19 heavy (non-hydrogen) atoms. The van der Waals surface area contributed by atoms with Gasteiger partial charge >= 0.3 is 0 Å². The first-order valence-electron chi connectivity index (χ1n) is 5.21. The molecule has 0 fully saturated rings. The van der Waals surface area contributed by atoms with Crippen LogP contribution in [-0.2, 0) is 0 Å². The van der Waals surface area contributed by atoms with Gasteiger partial charge in [-0.25, -0.2) is 4.39 Å². The van der Waals surface area contributed by atoms with E-state index < -0.39 is 11.6 Å². The molecule has 0 spiro atoms. The number of rotatable bonds is 2. The van der Waals surface area contributed by atoms with E-state index in [1.54, 1.807) is 18.2 Å². The predicted octanol–water partition coefficient (Wildman–Crippen LogP) is 4.31. The van der Waals surface area contributed by atoms with E-state index in [0.717, 1.165) is 15.0 Å². The quantitative estimate of drug-likeness (QED) is 0.753. The number of hydrogen-bond donors (Lipinski definition) is 2. The molecule has 98 valence electrons. The summed E-state index contributed by atoms with van der Waals surface area (Å²) in [4.78, 5) is 12.0. The molecule has 3 nitrogen and oxygen atoms in total. The van der Waals surface area contributed by atoms with Crippen molar-refractivity contribution in [1.29, 1.82) is 0 Å². The lowest BCUT2D eigenvalue weighted by Crippen LogP contribution is -2.12. The lowest BCUT2D eigenvalue weighted by atomic mass is 10.2. The second-order valence-electron chi connectivity index (χ2n) is 3.78. The zero-order valence-corrected chi connectivity index (χ0v) is 12.6. The van der Waals surface area contributed by atoms with Gasteiger partial charge in [0.15, 0.2) is 11.6 Å². The minimum absolute atomic E-state index is 0.274. The Morgan fingerprint density at radius 2 is 1.74 bits per heavy atom. The summed E-state index contributed by atoms with van der Waals surface area (Å²) in [6.07, 6.45) is 0. The van der Waals surface area contributed by atoms with Crippen molar-refractivity contribution in [2.45, 2.75) is 0 Å². The van der Waals surface area contributed by atoms with Crippen LogP contribution in [0.3, 0.4) is 0 Å². The summed E-state index contributed by atoms with van der Waals surface area (Å²) < 4.78 is 14.7.